The van der Waals surface area contributed by atoms with Crippen molar-refractivity contribution >= 4 is 34.2 Å². The van der Waals surface area contributed by atoms with Crippen LogP contribution in [0, 0.1) is 0 Å². The van der Waals surface area contributed by atoms with Crippen molar-refractivity contribution in [2.24, 2.45) is 0 Å². The third kappa shape index (κ3) is 5.68. The summed E-state index contributed by atoms with van der Waals surface area (Å²) in [5.74, 6) is 0. The van der Waals surface area contributed by atoms with Gasteiger partial charge in [-0.05, 0) is 51.9 Å². The quantitative estimate of drug-likeness (QED) is 0.349. The van der Waals surface area contributed by atoms with Crippen LogP contribution in [0.3, 0.4) is 0 Å². The van der Waals surface area contributed by atoms with Gasteiger partial charge in [0.25, 0.3) is 0 Å². The van der Waals surface area contributed by atoms with Crippen LogP contribution >= 0.6 is 0 Å². The maximum atomic E-state index is 7.24. The molecule has 4 unspecified atom stereocenters. The molecule has 12 heteroatoms. The number of methoxy groups -OCH3 is 4. The monoisotopic (exact) mass is 528 g/mol. The molecule has 0 aliphatic carbocycles. The van der Waals surface area contributed by atoms with Crippen molar-refractivity contribution in [3.63, 3.8) is 0 Å². The molecule has 0 bridgehead atoms. The standard InChI is InChI=1S/C20H48O8Si4/c1-13-29(17(5)21-9)25-30(14-2,18(6)22-10)27-32(16-4,20(8)24-12)28-31(15-3,26-29)19(7)23-11/h17-20H,13-16H2,1-12H3. The molecular formula is C20H48O8Si4. The van der Waals surface area contributed by atoms with Gasteiger partial charge < -0.3 is 35.4 Å². The molecule has 0 amide bonds. The second-order valence-corrected chi connectivity index (χ2v) is 24.4. The van der Waals surface area contributed by atoms with E-state index in [0.717, 1.165) is 0 Å². The maximum Gasteiger partial charge on any atom is 0.350 e. The highest BCUT2D eigenvalue weighted by Gasteiger charge is 2.67. The predicted octanol–water partition coefficient (Wildman–Crippen LogP) is 4.21. The summed E-state index contributed by atoms with van der Waals surface area (Å²) in [6, 6.07) is 2.86. The lowest BCUT2D eigenvalue weighted by Gasteiger charge is -2.56. The Bertz CT molecular complexity index is 466. The fraction of sp³-hybridized carbons (Fsp3) is 1.00. The van der Waals surface area contributed by atoms with Gasteiger partial charge in [0.05, 0.1) is 22.9 Å². The SMILES string of the molecule is CC[Si]1(C(C)OC)O[Si](CC)(C(C)OC)O[Si](CC)(C(C)OC)O[Si](CC)(C(C)OC)O1. The van der Waals surface area contributed by atoms with Crippen LogP contribution in [-0.4, -0.2) is 85.6 Å². The lowest BCUT2D eigenvalue weighted by atomic mass is 10.8. The Labute approximate surface area is 200 Å². The molecule has 32 heavy (non-hydrogen) atoms. The van der Waals surface area contributed by atoms with Gasteiger partial charge in [-0.2, -0.15) is 0 Å². The lowest BCUT2D eigenvalue weighted by Crippen LogP contribution is -2.78. The van der Waals surface area contributed by atoms with Crippen LogP contribution in [0.25, 0.3) is 0 Å². The summed E-state index contributed by atoms with van der Waals surface area (Å²) in [6.07, 6.45) is 0. The molecule has 1 aliphatic heterocycles. The van der Waals surface area contributed by atoms with Gasteiger partial charge in [0, 0.05) is 28.4 Å². The molecule has 0 saturated carbocycles. The van der Waals surface area contributed by atoms with Gasteiger partial charge in [0.1, 0.15) is 0 Å². The topological polar surface area (TPSA) is 73.8 Å². The van der Waals surface area contributed by atoms with Gasteiger partial charge in [-0.1, -0.05) is 27.7 Å². The minimum atomic E-state index is -2.96. The van der Waals surface area contributed by atoms with Crippen molar-refractivity contribution in [1.82, 2.24) is 0 Å². The number of rotatable bonds is 12. The Morgan fingerprint density at radius 3 is 0.688 bits per heavy atom. The molecule has 1 saturated heterocycles. The fourth-order valence-electron chi connectivity index (χ4n) is 4.36. The molecule has 0 radical (unpaired) electrons. The molecule has 4 atom stereocenters. The maximum absolute atomic E-state index is 7.24. The predicted molar refractivity (Wildman–Crippen MR) is 135 cm³/mol. The van der Waals surface area contributed by atoms with E-state index < -0.39 is 34.2 Å². The largest absolute Gasteiger partial charge is 0.412 e. The highest BCUT2D eigenvalue weighted by atomic mass is 28.5. The molecule has 0 aromatic rings. The Morgan fingerprint density at radius 1 is 0.438 bits per heavy atom. The van der Waals surface area contributed by atoms with Crippen LogP contribution in [0.2, 0.25) is 24.2 Å². The zero-order chi connectivity index (χ0) is 24.8. The molecule has 192 valence electrons. The Kier molecular flexibility index (Phi) is 11.9. The first-order valence-corrected chi connectivity index (χ1v) is 20.3. The molecule has 1 heterocycles. The van der Waals surface area contributed by atoms with E-state index in [1.807, 2.05) is 27.7 Å². The van der Waals surface area contributed by atoms with E-state index in [4.69, 9.17) is 35.4 Å². The van der Waals surface area contributed by atoms with Crippen LogP contribution in [0.1, 0.15) is 55.4 Å². The fourth-order valence-corrected chi connectivity index (χ4v) is 29.6. The minimum Gasteiger partial charge on any atom is -0.412 e. The summed E-state index contributed by atoms with van der Waals surface area (Å²) in [7, 11) is -4.99. The Hall–Kier alpha value is 0.548. The third-order valence-electron chi connectivity index (χ3n) is 7.25. The molecular weight excluding hydrogens is 481 g/mol. The summed E-state index contributed by atoms with van der Waals surface area (Å²) in [4.78, 5) is 0. The second kappa shape index (κ2) is 12.5. The first kappa shape index (κ1) is 30.6. The number of hydrogen-bond donors (Lipinski definition) is 0. The summed E-state index contributed by atoms with van der Waals surface area (Å²) in [6.45, 7) is 16.6. The normalized spacial score (nSPS) is 37.9. The average Bonchev–Trinajstić information content (AvgIpc) is 2.82. The van der Waals surface area contributed by atoms with E-state index in [1.165, 1.54) is 0 Å². The smallest absolute Gasteiger partial charge is 0.350 e. The van der Waals surface area contributed by atoms with Gasteiger partial charge >= 0.3 is 34.2 Å². The van der Waals surface area contributed by atoms with Crippen molar-refractivity contribution < 1.29 is 35.4 Å². The van der Waals surface area contributed by atoms with Crippen LogP contribution < -0.4 is 0 Å². The third-order valence-corrected chi connectivity index (χ3v) is 28.1. The molecule has 8 nitrogen and oxygen atoms in total. The molecule has 1 fully saturated rings. The zero-order valence-electron chi connectivity index (χ0n) is 22.4. The van der Waals surface area contributed by atoms with Gasteiger partial charge in [0.2, 0.25) is 0 Å². The number of ether oxygens (including phenoxy) is 4. The summed E-state index contributed by atoms with van der Waals surface area (Å²) >= 11 is 0. The molecule has 1 aliphatic rings. The van der Waals surface area contributed by atoms with Gasteiger partial charge in [-0.3, -0.25) is 0 Å². The molecule has 0 N–H and O–H groups in total. The first-order valence-electron chi connectivity index (χ1n) is 11.9. The van der Waals surface area contributed by atoms with Gasteiger partial charge in [0.15, 0.2) is 0 Å². The zero-order valence-corrected chi connectivity index (χ0v) is 26.4. The van der Waals surface area contributed by atoms with E-state index in [9.17, 15) is 0 Å². The summed E-state index contributed by atoms with van der Waals surface area (Å²) < 4.78 is 52.5. The van der Waals surface area contributed by atoms with Crippen molar-refractivity contribution in [3.8, 4) is 0 Å². The molecule has 0 aromatic heterocycles. The molecule has 1 rings (SSSR count). The van der Waals surface area contributed by atoms with E-state index in [1.54, 1.807) is 28.4 Å². The van der Waals surface area contributed by atoms with E-state index >= 15 is 0 Å². The summed E-state index contributed by atoms with van der Waals surface area (Å²) in [5, 5.41) is 0. The van der Waals surface area contributed by atoms with E-state index in [0.29, 0.717) is 24.2 Å². The van der Waals surface area contributed by atoms with Gasteiger partial charge in [-0.25, -0.2) is 0 Å². The van der Waals surface area contributed by atoms with Gasteiger partial charge in [-0.15, -0.1) is 0 Å². The van der Waals surface area contributed by atoms with Crippen molar-refractivity contribution in [2.45, 2.75) is 102 Å². The van der Waals surface area contributed by atoms with Crippen LogP contribution in [0.15, 0.2) is 0 Å². The van der Waals surface area contributed by atoms with E-state index in [2.05, 4.69) is 27.7 Å². The van der Waals surface area contributed by atoms with Crippen LogP contribution in [0.5, 0.6) is 0 Å². The Morgan fingerprint density at radius 2 is 0.594 bits per heavy atom. The highest BCUT2D eigenvalue weighted by molar-refractivity contribution is 6.96. The lowest BCUT2D eigenvalue weighted by molar-refractivity contribution is 0.0590. The van der Waals surface area contributed by atoms with Crippen LogP contribution in [-0.2, 0) is 35.4 Å². The average molecular weight is 529 g/mol. The Balaban J connectivity index is 3.92. The van der Waals surface area contributed by atoms with Crippen LogP contribution in [0.4, 0.5) is 0 Å². The van der Waals surface area contributed by atoms with E-state index in [-0.39, 0.29) is 22.9 Å². The van der Waals surface area contributed by atoms with Crippen molar-refractivity contribution in [3.05, 3.63) is 0 Å². The molecule has 0 aromatic carbocycles. The van der Waals surface area contributed by atoms with Crippen molar-refractivity contribution in [2.75, 3.05) is 28.4 Å². The first-order chi connectivity index (χ1) is 15.0. The highest BCUT2D eigenvalue weighted by Crippen LogP contribution is 2.42. The molecule has 0 spiro atoms. The second-order valence-electron chi connectivity index (χ2n) is 8.58. The van der Waals surface area contributed by atoms with Crippen molar-refractivity contribution in [1.29, 1.82) is 0 Å². The number of hydrogen-bond acceptors (Lipinski definition) is 8. The summed E-state index contributed by atoms with van der Waals surface area (Å²) in [5.41, 5.74) is -0.832. The minimum absolute atomic E-state index is 0.208.